The van der Waals surface area contributed by atoms with Crippen LogP contribution in [0.15, 0.2) is 12.1 Å². The summed E-state index contributed by atoms with van der Waals surface area (Å²) in [6, 6.07) is 3.97. The van der Waals surface area contributed by atoms with Gasteiger partial charge >= 0.3 is 0 Å². The van der Waals surface area contributed by atoms with Crippen molar-refractivity contribution in [1.82, 2.24) is 10.2 Å². The zero-order valence-corrected chi connectivity index (χ0v) is 9.74. The average molecular weight is 226 g/mol. The highest BCUT2D eigenvalue weighted by Crippen LogP contribution is 2.20. The van der Waals surface area contributed by atoms with Crippen molar-refractivity contribution in [1.29, 1.82) is 0 Å². The first-order valence-electron chi connectivity index (χ1n) is 5.43. The maximum absolute atomic E-state index is 5.67. The first-order valence-corrected chi connectivity index (χ1v) is 5.96. The molecule has 0 amide bonds. The van der Waals surface area contributed by atoms with Gasteiger partial charge in [-0.25, -0.2) is 0 Å². The molecule has 0 N–H and O–H groups in total. The van der Waals surface area contributed by atoms with Crippen LogP contribution in [0.4, 0.5) is 5.82 Å². The van der Waals surface area contributed by atoms with Crippen molar-refractivity contribution in [3.63, 3.8) is 0 Å². The number of halogens is 1. The third-order valence-corrected chi connectivity index (χ3v) is 3.10. The Morgan fingerprint density at radius 1 is 1.47 bits per heavy atom. The number of anilines is 1. The molecule has 1 saturated heterocycles. The van der Waals surface area contributed by atoms with Gasteiger partial charge < -0.3 is 4.90 Å². The van der Waals surface area contributed by atoms with Crippen LogP contribution in [0.2, 0.25) is 0 Å². The van der Waals surface area contributed by atoms with Gasteiger partial charge in [0, 0.05) is 13.1 Å². The summed E-state index contributed by atoms with van der Waals surface area (Å²) in [5.74, 6) is 2.17. The monoisotopic (exact) mass is 225 g/mol. The third kappa shape index (κ3) is 2.59. The molecule has 1 unspecified atom stereocenters. The number of nitrogens with zero attached hydrogens (tertiary/aromatic N) is 3. The second-order valence-electron chi connectivity index (χ2n) is 4.21. The summed E-state index contributed by atoms with van der Waals surface area (Å²) in [5, 5.41) is 8.27. The molecule has 1 aromatic rings. The first-order chi connectivity index (χ1) is 7.29. The quantitative estimate of drug-likeness (QED) is 0.724. The Labute approximate surface area is 95.5 Å². The molecule has 0 aliphatic carbocycles. The van der Waals surface area contributed by atoms with Gasteiger partial charge in [-0.05, 0) is 30.9 Å². The van der Waals surface area contributed by atoms with Crippen molar-refractivity contribution < 1.29 is 0 Å². The highest BCUT2D eigenvalue weighted by molar-refractivity contribution is 6.16. The van der Waals surface area contributed by atoms with E-state index in [1.165, 1.54) is 12.8 Å². The number of rotatable bonds is 2. The van der Waals surface area contributed by atoms with Gasteiger partial charge in [0.2, 0.25) is 0 Å². The van der Waals surface area contributed by atoms with Crippen LogP contribution in [0.25, 0.3) is 0 Å². The second kappa shape index (κ2) is 4.79. The average Bonchev–Trinajstić information content (AvgIpc) is 2.29. The van der Waals surface area contributed by atoms with Gasteiger partial charge in [-0.1, -0.05) is 6.92 Å². The molecule has 1 aliphatic rings. The molecule has 1 fully saturated rings. The number of aromatic nitrogens is 2. The van der Waals surface area contributed by atoms with Gasteiger partial charge in [0.05, 0.1) is 11.6 Å². The van der Waals surface area contributed by atoms with E-state index in [2.05, 4.69) is 22.0 Å². The van der Waals surface area contributed by atoms with E-state index in [0.29, 0.717) is 5.88 Å². The van der Waals surface area contributed by atoms with Crippen molar-refractivity contribution in [3.05, 3.63) is 17.8 Å². The lowest BCUT2D eigenvalue weighted by Gasteiger charge is -2.31. The van der Waals surface area contributed by atoms with E-state index in [0.717, 1.165) is 30.5 Å². The Hall–Kier alpha value is -0.830. The van der Waals surface area contributed by atoms with Gasteiger partial charge in [0.15, 0.2) is 5.82 Å². The van der Waals surface area contributed by atoms with Crippen LogP contribution < -0.4 is 4.90 Å². The smallest absolute Gasteiger partial charge is 0.151 e. The largest absolute Gasteiger partial charge is 0.355 e. The molecule has 0 bridgehead atoms. The number of hydrogen-bond donors (Lipinski definition) is 0. The van der Waals surface area contributed by atoms with Crippen LogP contribution >= 0.6 is 11.6 Å². The number of piperidine rings is 1. The maximum Gasteiger partial charge on any atom is 0.151 e. The Bertz CT molecular complexity index is 312. The normalized spacial score (nSPS) is 21.7. The molecular weight excluding hydrogens is 210 g/mol. The van der Waals surface area contributed by atoms with Crippen molar-refractivity contribution >= 4 is 17.4 Å². The van der Waals surface area contributed by atoms with Crippen molar-refractivity contribution in [3.8, 4) is 0 Å². The van der Waals surface area contributed by atoms with Crippen LogP contribution in [0.1, 0.15) is 25.5 Å². The SMILES string of the molecule is CC1CCCN(c2ccc(CCl)nn2)C1. The second-order valence-corrected chi connectivity index (χ2v) is 4.48. The van der Waals surface area contributed by atoms with E-state index in [4.69, 9.17) is 11.6 Å². The fourth-order valence-electron chi connectivity index (χ4n) is 1.99. The summed E-state index contributed by atoms with van der Waals surface area (Å²) in [6.07, 6.45) is 2.57. The van der Waals surface area contributed by atoms with Crippen LogP contribution in [0.5, 0.6) is 0 Å². The molecule has 1 aliphatic heterocycles. The summed E-state index contributed by atoms with van der Waals surface area (Å²) in [6.45, 7) is 4.47. The van der Waals surface area contributed by atoms with Gasteiger partial charge in [-0.2, -0.15) is 5.10 Å². The summed E-state index contributed by atoms with van der Waals surface area (Å²) < 4.78 is 0. The zero-order chi connectivity index (χ0) is 10.7. The van der Waals surface area contributed by atoms with Crippen LogP contribution in [-0.2, 0) is 5.88 Å². The molecule has 2 heterocycles. The molecule has 2 rings (SSSR count). The summed E-state index contributed by atoms with van der Waals surface area (Å²) in [5.41, 5.74) is 0.838. The minimum absolute atomic E-state index is 0.434. The van der Waals surface area contributed by atoms with Crippen molar-refractivity contribution in [2.24, 2.45) is 5.92 Å². The Morgan fingerprint density at radius 3 is 2.93 bits per heavy atom. The lowest BCUT2D eigenvalue weighted by molar-refractivity contribution is 0.443. The van der Waals surface area contributed by atoms with Crippen molar-refractivity contribution in [2.45, 2.75) is 25.6 Å². The minimum atomic E-state index is 0.434. The molecule has 0 aromatic carbocycles. The van der Waals surface area contributed by atoms with E-state index in [-0.39, 0.29) is 0 Å². The molecule has 82 valence electrons. The minimum Gasteiger partial charge on any atom is -0.355 e. The molecular formula is C11H16ClN3. The molecule has 15 heavy (non-hydrogen) atoms. The van der Waals surface area contributed by atoms with Crippen molar-refractivity contribution in [2.75, 3.05) is 18.0 Å². The predicted molar refractivity (Wildman–Crippen MR) is 62.2 cm³/mol. The topological polar surface area (TPSA) is 29.0 Å². The lowest BCUT2D eigenvalue weighted by atomic mass is 10.0. The van der Waals surface area contributed by atoms with Crippen LogP contribution in [0.3, 0.4) is 0 Å². The molecule has 1 aromatic heterocycles. The first kappa shape index (κ1) is 10.7. The third-order valence-electron chi connectivity index (χ3n) is 2.82. The van der Waals surface area contributed by atoms with E-state index in [1.807, 2.05) is 12.1 Å². The zero-order valence-electron chi connectivity index (χ0n) is 8.99. The Morgan fingerprint density at radius 2 is 2.33 bits per heavy atom. The summed E-state index contributed by atoms with van der Waals surface area (Å²) in [7, 11) is 0. The number of hydrogen-bond acceptors (Lipinski definition) is 3. The summed E-state index contributed by atoms with van der Waals surface area (Å²) in [4.78, 5) is 2.30. The predicted octanol–water partition coefficient (Wildman–Crippen LogP) is 2.45. The maximum atomic E-state index is 5.67. The van der Waals surface area contributed by atoms with E-state index in [1.54, 1.807) is 0 Å². The van der Waals surface area contributed by atoms with E-state index < -0.39 is 0 Å². The fourth-order valence-corrected chi connectivity index (χ4v) is 2.13. The van der Waals surface area contributed by atoms with Gasteiger partial charge in [0.1, 0.15) is 0 Å². The molecule has 3 nitrogen and oxygen atoms in total. The van der Waals surface area contributed by atoms with Crippen LogP contribution in [0, 0.1) is 5.92 Å². The lowest BCUT2D eigenvalue weighted by Crippen LogP contribution is -2.34. The Balaban J connectivity index is 2.07. The van der Waals surface area contributed by atoms with Crippen LogP contribution in [-0.4, -0.2) is 23.3 Å². The van der Waals surface area contributed by atoms with E-state index >= 15 is 0 Å². The Kier molecular flexibility index (Phi) is 3.41. The van der Waals surface area contributed by atoms with Gasteiger partial charge in [-0.3, -0.25) is 0 Å². The molecule has 0 radical (unpaired) electrons. The fraction of sp³-hybridized carbons (Fsp3) is 0.636. The molecule has 4 heteroatoms. The molecule has 0 saturated carbocycles. The van der Waals surface area contributed by atoms with Gasteiger partial charge in [0.25, 0.3) is 0 Å². The van der Waals surface area contributed by atoms with E-state index in [9.17, 15) is 0 Å². The number of alkyl halides is 1. The highest BCUT2D eigenvalue weighted by Gasteiger charge is 2.17. The summed E-state index contributed by atoms with van der Waals surface area (Å²) >= 11 is 5.67. The standard InChI is InChI=1S/C11H16ClN3/c1-9-3-2-6-15(8-9)11-5-4-10(7-12)13-14-11/h4-5,9H,2-3,6-8H2,1H3. The molecule has 1 atom stereocenters. The highest BCUT2D eigenvalue weighted by atomic mass is 35.5. The molecule has 0 spiro atoms. The van der Waals surface area contributed by atoms with Gasteiger partial charge in [-0.15, -0.1) is 16.7 Å².